The third-order valence-electron chi connectivity index (χ3n) is 4.37. The Morgan fingerprint density at radius 3 is 2.66 bits per heavy atom. The van der Waals surface area contributed by atoms with Crippen molar-refractivity contribution in [3.63, 3.8) is 0 Å². The summed E-state index contributed by atoms with van der Waals surface area (Å²) in [5.41, 5.74) is 3.22. The number of aromatic amines is 1. The Morgan fingerprint density at radius 2 is 2.00 bits per heavy atom. The lowest BCUT2D eigenvalue weighted by Crippen LogP contribution is -2.08. The number of hydrogen-bond donors (Lipinski definition) is 1. The molecule has 7 heteroatoms. The molecule has 1 aromatic carbocycles. The molecule has 0 bridgehead atoms. The average Bonchev–Trinajstić information content (AvgIpc) is 3.30. The van der Waals surface area contributed by atoms with Gasteiger partial charge < -0.3 is 9.72 Å². The maximum absolute atomic E-state index is 12.9. The predicted molar refractivity (Wildman–Crippen MR) is 112 cm³/mol. The lowest BCUT2D eigenvalue weighted by Gasteiger charge is -2.02. The van der Waals surface area contributed by atoms with Crippen molar-refractivity contribution >= 4 is 29.2 Å². The van der Waals surface area contributed by atoms with Crippen LogP contribution >= 0.6 is 11.3 Å². The van der Waals surface area contributed by atoms with E-state index in [-0.39, 0.29) is 17.9 Å². The molecule has 29 heavy (non-hydrogen) atoms. The Hall–Kier alpha value is -3.50. The highest BCUT2D eigenvalue weighted by atomic mass is 32.1. The van der Waals surface area contributed by atoms with Crippen LogP contribution in [0.25, 0.3) is 17.3 Å². The molecule has 0 fully saturated rings. The largest absolute Gasteiger partial charge is 0.462 e. The van der Waals surface area contributed by atoms with Gasteiger partial charge in [0.2, 0.25) is 5.78 Å². The first-order chi connectivity index (χ1) is 14.0. The summed E-state index contributed by atoms with van der Waals surface area (Å²) < 4.78 is 5.05. The Kier molecular flexibility index (Phi) is 6.05. The van der Waals surface area contributed by atoms with E-state index in [1.54, 1.807) is 20.8 Å². The quantitative estimate of drug-likeness (QED) is 0.277. The van der Waals surface area contributed by atoms with Crippen LogP contribution in [0.1, 0.15) is 44.0 Å². The van der Waals surface area contributed by atoms with E-state index in [0.717, 1.165) is 11.3 Å². The van der Waals surface area contributed by atoms with Gasteiger partial charge in [0.1, 0.15) is 16.6 Å². The molecular weight excluding hydrogens is 386 g/mol. The molecule has 3 rings (SSSR count). The molecule has 0 spiro atoms. The molecule has 1 N–H and O–H groups in total. The van der Waals surface area contributed by atoms with E-state index < -0.39 is 11.8 Å². The highest BCUT2D eigenvalue weighted by molar-refractivity contribution is 7.10. The molecule has 0 saturated heterocycles. The van der Waals surface area contributed by atoms with Crippen molar-refractivity contribution < 1.29 is 14.3 Å². The van der Waals surface area contributed by atoms with E-state index >= 15 is 0 Å². The molecule has 0 saturated carbocycles. The van der Waals surface area contributed by atoms with Crippen LogP contribution in [0.5, 0.6) is 0 Å². The first-order valence-corrected chi connectivity index (χ1v) is 9.88. The minimum absolute atomic E-state index is 0.0567. The van der Waals surface area contributed by atoms with E-state index in [1.165, 1.54) is 17.4 Å². The number of thiazole rings is 1. The number of aryl methyl sites for hydroxylation is 1. The average molecular weight is 405 g/mol. The van der Waals surface area contributed by atoms with Crippen LogP contribution in [-0.4, -0.2) is 28.3 Å². The van der Waals surface area contributed by atoms with E-state index in [0.29, 0.717) is 21.8 Å². The Morgan fingerprint density at radius 1 is 1.28 bits per heavy atom. The number of nitrogens with zero attached hydrogens (tertiary/aromatic N) is 2. The number of ketones is 1. The zero-order chi connectivity index (χ0) is 21.0. The van der Waals surface area contributed by atoms with Gasteiger partial charge in [-0.1, -0.05) is 30.3 Å². The van der Waals surface area contributed by atoms with Gasteiger partial charge in [-0.15, -0.1) is 11.3 Å². The summed E-state index contributed by atoms with van der Waals surface area (Å²) >= 11 is 1.35. The highest BCUT2D eigenvalue weighted by Gasteiger charge is 2.25. The summed E-state index contributed by atoms with van der Waals surface area (Å²) in [6.45, 7) is 5.31. The monoisotopic (exact) mass is 405 g/mol. The highest BCUT2D eigenvalue weighted by Crippen LogP contribution is 2.25. The van der Waals surface area contributed by atoms with Crippen molar-refractivity contribution in [3.8, 4) is 17.3 Å². The van der Waals surface area contributed by atoms with Gasteiger partial charge in [-0.2, -0.15) is 5.26 Å². The lowest BCUT2D eigenvalue weighted by atomic mass is 10.0. The van der Waals surface area contributed by atoms with Gasteiger partial charge in [0.25, 0.3) is 0 Å². The van der Waals surface area contributed by atoms with Crippen LogP contribution in [0.2, 0.25) is 0 Å². The van der Waals surface area contributed by atoms with Crippen molar-refractivity contribution in [2.24, 2.45) is 0 Å². The fraction of sp³-hybridized carbons (Fsp3) is 0.182. The molecule has 0 unspecified atom stereocenters. The van der Waals surface area contributed by atoms with E-state index in [9.17, 15) is 14.9 Å². The Bertz CT molecular complexity index is 1130. The van der Waals surface area contributed by atoms with Crippen molar-refractivity contribution in [2.45, 2.75) is 20.8 Å². The topological polar surface area (TPSA) is 95.8 Å². The molecular formula is C22H19N3O3S. The van der Waals surface area contributed by atoms with Crippen molar-refractivity contribution in [2.75, 3.05) is 6.61 Å². The molecule has 6 nitrogen and oxygen atoms in total. The predicted octanol–water partition coefficient (Wildman–Crippen LogP) is 4.72. The third kappa shape index (κ3) is 4.18. The number of aromatic nitrogens is 2. The lowest BCUT2D eigenvalue weighted by molar-refractivity contribution is 0.0525. The van der Waals surface area contributed by atoms with Gasteiger partial charge in [0, 0.05) is 16.6 Å². The molecule has 2 heterocycles. The zero-order valence-electron chi connectivity index (χ0n) is 16.3. The number of H-pyrrole nitrogens is 1. The van der Waals surface area contributed by atoms with Crippen LogP contribution in [0.4, 0.5) is 0 Å². The number of carbonyl (C=O) groups excluding carboxylic acids is 2. The van der Waals surface area contributed by atoms with Gasteiger partial charge >= 0.3 is 5.97 Å². The fourth-order valence-corrected chi connectivity index (χ4v) is 3.75. The number of benzene rings is 1. The molecule has 0 aliphatic heterocycles. The zero-order valence-corrected chi connectivity index (χ0v) is 17.1. The maximum atomic E-state index is 12.9. The number of ether oxygens (including phenoxy) is 1. The minimum Gasteiger partial charge on any atom is -0.462 e. The second-order valence-electron chi connectivity index (χ2n) is 6.28. The first kappa shape index (κ1) is 20.2. The van der Waals surface area contributed by atoms with Crippen LogP contribution in [-0.2, 0) is 4.74 Å². The van der Waals surface area contributed by atoms with Gasteiger partial charge in [-0.25, -0.2) is 9.78 Å². The summed E-state index contributed by atoms with van der Waals surface area (Å²) in [6.07, 6.45) is 1.47. The molecule has 0 radical (unpaired) electrons. The number of allylic oxidation sites excluding steroid dienone is 1. The second-order valence-corrected chi connectivity index (χ2v) is 7.17. The van der Waals surface area contributed by atoms with Crippen LogP contribution in [0, 0.1) is 25.2 Å². The molecule has 3 aromatic rings. The van der Waals surface area contributed by atoms with Crippen LogP contribution in [0.3, 0.4) is 0 Å². The Balaban J connectivity index is 1.92. The molecule has 0 aliphatic rings. The molecule has 2 aromatic heterocycles. The number of hydrogen-bond acceptors (Lipinski definition) is 6. The summed E-state index contributed by atoms with van der Waals surface area (Å²) in [6, 6.07) is 11.6. The number of Topliss-reactive ketones (excluding diaryl/α,β-unsaturated/α-hetero) is 1. The minimum atomic E-state index is -0.493. The van der Waals surface area contributed by atoms with E-state index in [1.807, 2.05) is 41.8 Å². The molecule has 0 atom stereocenters. The maximum Gasteiger partial charge on any atom is 0.340 e. The van der Waals surface area contributed by atoms with Gasteiger partial charge in [0.15, 0.2) is 0 Å². The summed E-state index contributed by atoms with van der Waals surface area (Å²) in [5, 5.41) is 12.0. The normalized spacial score (nSPS) is 11.2. The summed E-state index contributed by atoms with van der Waals surface area (Å²) in [5.74, 6) is -0.979. The Labute approximate surface area is 172 Å². The second kappa shape index (κ2) is 8.67. The van der Waals surface area contributed by atoms with Gasteiger partial charge in [-0.3, -0.25) is 4.79 Å². The number of rotatable bonds is 6. The smallest absolute Gasteiger partial charge is 0.340 e. The van der Waals surface area contributed by atoms with E-state index in [2.05, 4.69) is 9.97 Å². The van der Waals surface area contributed by atoms with Gasteiger partial charge in [-0.05, 0) is 32.4 Å². The summed E-state index contributed by atoms with van der Waals surface area (Å²) in [4.78, 5) is 32.5. The van der Waals surface area contributed by atoms with Crippen LogP contribution < -0.4 is 0 Å². The molecule has 0 amide bonds. The van der Waals surface area contributed by atoms with Crippen molar-refractivity contribution in [1.29, 1.82) is 5.26 Å². The fourth-order valence-electron chi connectivity index (χ4n) is 2.99. The number of nitriles is 1. The third-order valence-corrected chi connectivity index (χ3v) is 5.16. The van der Waals surface area contributed by atoms with E-state index in [4.69, 9.17) is 4.74 Å². The molecule has 146 valence electrons. The van der Waals surface area contributed by atoms with Crippen molar-refractivity contribution in [1.82, 2.24) is 9.97 Å². The number of esters is 1. The standard InChI is InChI=1S/C22H19N3O3S/c1-4-28-22(27)19-13(2)20(24-14(19)3)21(26)16(11-23)10-18-25-17(12-29-18)15-8-6-5-7-9-15/h5-10,12,24H,4H2,1-3H3/b16-10-. The number of carbonyl (C=O) groups is 2. The molecule has 0 aliphatic carbocycles. The first-order valence-electron chi connectivity index (χ1n) is 9.00. The van der Waals surface area contributed by atoms with Crippen LogP contribution in [0.15, 0.2) is 41.3 Å². The SMILES string of the molecule is CCOC(=O)c1c(C)[nH]c(C(=O)/C(C#N)=C\c2nc(-c3ccccc3)cs2)c1C. The summed E-state index contributed by atoms with van der Waals surface area (Å²) in [7, 11) is 0. The van der Waals surface area contributed by atoms with Gasteiger partial charge in [0.05, 0.1) is 23.6 Å². The number of nitrogens with one attached hydrogen (secondary N) is 1. The van der Waals surface area contributed by atoms with Crippen molar-refractivity contribution in [3.05, 3.63) is 68.8 Å².